The lowest BCUT2D eigenvalue weighted by atomic mass is 10.2. The number of aromatic nitrogens is 1. The first-order valence-corrected chi connectivity index (χ1v) is 9.93. The summed E-state index contributed by atoms with van der Waals surface area (Å²) >= 11 is 0. The maximum Gasteiger partial charge on any atom is 0.337 e. The third-order valence-corrected chi connectivity index (χ3v) is 5.61. The Balaban J connectivity index is 1.62. The van der Waals surface area contributed by atoms with Crippen molar-refractivity contribution in [1.82, 2.24) is 9.71 Å². The van der Waals surface area contributed by atoms with E-state index in [1.165, 1.54) is 31.4 Å². The van der Waals surface area contributed by atoms with E-state index in [0.29, 0.717) is 18.8 Å². The maximum absolute atomic E-state index is 12.4. The Bertz CT molecular complexity index is 876. The number of sulfonamides is 1. The van der Waals surface area contributed by atoms with Gasteiger partial charge in [0.1, 0.15) is 5.82 Å². The summed E-state index contributed by atoms with van der Waals surface area (Å²) in [5.74, 6) is 0.335. The standard InChI is InChI=1S/C18H21N3O5S/c1-25-18(22)15-3-5-16(6-4-15)27(23,24)20-13-14-2-7-17(19-12-14)21-8-10-26-11-9-21/h2-7,12,20H,8-11,13H2,1H3. The lowest BCUT2D eigenvalue weighted by Crippen LogP contribution is -2.36. The first-order valence-electron chi connectivity index (χ1n) is 8.45. The summed E-state index contributed by atoms with van der Waals surface area (Å²) in [5.41, 5.74) is 1.04. The lowest BCUT2D eigenvalue weighted by Gasteiger charge is -2.27. The quantitative estimate of drug-likeness (QED) is 0.739. The van der Waals surface area contributed by atoms with Gasteiger partial charge in [-0.3, -0.25) is 0 Å². The number of carbonyl (C=O) groups excluding carboxylic acids is 1. The molecule has 2 heterocycles. The number of nitrogens with zero attached hydrogens (tertiary/aromatic N) is 2. The lowest BCUT2D eigenvalue weighted by molar-refractivity contribution is 0.0600. The van der Waals surface area contributed by atoms with Crippen LogP contribution in [0, 0.1) is 0 Å². The number of esters is 1. The zero-order valence-corrected chi connectivity index (χ0v) is 15.7. The fraction of sp³-hybridized carbons (Fsp3) is 0.333. The van der Waals surface area contributed by atoms with Gasteiger partial charge in [-0.05, 0) is 35.9 Å². The molecule has 0 bridgehead atoms. The van der Waals surface area contributed by atoms with Crippen molar-refractivity contribution in [2.24, 2.45) is 0 Å². The number of pyridine rings is 1. The number of nitrogens with one attached hydrogen (secondary N) is 1. The predicted octanol–water partition coefficient (Wildman–Crippen LogP) is 1.18. The van der Waals surface area contributed by atoms with Crippen LogP contribution < -0.4 is 9.62 Å². The predicted molar refractivity (Wildman–Crippen MR) is 99.1 cm³/mol. The highest BCUT2D eigenvalue weighted by molar-refractivity contribution is 7.89. The van der Waals surface area contributed by atoms with Crippen LogP contribution in [-0.2, 0) is 26.0 Å². The number of morpholine rings is 1. The molecule has 1 N–H and O–H groups in total. The van der Waals surface area contributed by atoms with E-state index in [2.05, 4.69) is 19.3 Å². The molecule has 3 rings (SSSR count). The minimum atomic E-state index is -3.70. The fourth-order valence-electron chi connectivity index (χ4n) is 2.65. The number of benzene rings is 1. The molecule has 0 spiro atoms. The van der Waals surface area contributed by atoms with Crippen molar-refractivity contribution >= 4 is 21.8 Å². The SMILES string of the molecule is COC(=O)c1ccc(S(=O)(=O)NCc2ccc(N3CCOCC3)nc2)cc1. The van der Waals surface area contributed by atoms with Gasteiger partial charge in [-0.2, -0.15) is 0 Å². The summed E-state index contributed by atoms with van der Waals surface area (Å²) < 4.78 is 37.3. The van der Waals surface area contributed by atoms with E-state index < -0.39 is 16.0 Å². The van der Waals surface area contributed by atoms with Gasteiger partial charge >= 0.3 is 5.97 Å². The zero-order chi connectivity index (χ0) is 19.3. The molecule has 1 aliphatic rings. The second-order valence-electron chi connectivity index (χ2n) is 5.96. The van der Waals surface area contributed by atoms with E-state index in [1.54, 1.807) is 6.20 Å². The van der Waals surface area contributed by atoms with E-state index in [4.69, 9.17) is 4.74 Å². The summed E-state index contributed by atoms with van der Waals surface area (Å²) in [6.45, 7) is 3.06. The molecule has 0 aliphatic carbocycles. The van der Waals surface area contributed by atoms with Crippen molar-refractivity contribution in [3.8, 4) is 0 Å². The highest BCUT2D eigenvalue weighted by atomic mass is 32.2. The minimum Gasteiger partial charge on any atom is -0.465 e. The van der Waals surface area contributed by atoms with E-state index in [-0.39, 0.29) is 11.4 Å². The molecule has 1 aromatic carbocycles. The van der Waals surface area contributed by atoms with Gasteiger partial charge < -0.3 is 14.4 Å². The van der Waals surface area contributed by atoms with Gasteiger partial charge in [-0.25, -0.2) is 22.9 Å². The molecule has 0 unspecified atom stereocenters. The number of carbonyl (C=O) groups is 1. The molecule has 9 heteroatoms. The van der Waals surface area contributed by atoms with Gasteiger partial charge in [0, 0.05) is 25.8 Å². The average Bonchev–Trinajstić information content (AvgIpc) is 2.73. The highest BCUT2D eigenvalue weighted by Gasteiger charge is 2.16. The van der Waals surface area contributed by atoms with Gasteiger partial charge in [0.05, 0.1) is 30.8 Å². The van der Waals surface area contributed by atoms with Crippen molar-refractivity contribution in [1.29, 1.82) is 0 Å². The fourth-order valence-corrected chi connectivity index (χ4v) is 3.67. The Morgan fingerprint density at radius 3 is 2.48 bits per heavy atom. The molecule has 0 saturated carbocycles. The summed E-state index contributed by atoms with van der Waals surface area (Å²) in [7, 11) is -2.42. The Kier molecular flexibility index (Phi) is 6.04. The minimum absolute atomic E-state index is 0.0769. The number of ether oxygens (including phenoxy) is 2. The molecule has 1 saturated heterocycles. The van der Waals surface area contributed by atoms with E-state index in [0.717, 1.165) is 24.5 Å². The van der Waals surface area contributed by atoms with E-state index in [9.17, 15) is 13.2 Å². The van der Waals surface area contributed by atoms with Crippen LogP contribution >= 0.6 is 0 Å². The second kappa shape index (κ2) is 8.47. The first-order chi connectivity index (χ1) is 13.0. The van der Waals surface area contributed by atoms with Gasteiger partial charge in [-0.1, -0.05) is 6.07 Å². The van der Waals surface area contributed by atoms with Gasteiger partial charge in [0.2, 0.25) is 10.0 Å². The van der Waals surface area contributed by atoms with Crippen molar-refractivity contribution in [3.05, 3.63) is 53.7 Å². The van der Waals surface area contributed by atoms with Crippen molar-refractivity contribution in [2.45, 2.75) is 11.4 Å². The Morgan fingerprint density at radius 1 is 1.19 bits per heavy atom. The first kappa shape index (κ1) is 19.3. The van der Waals surface area contributed by atoms with Crippen molar-refractivity contribution in [3.63, 3.8) is 0 Å². The van der Waals surface area contributed by atoms with Crippen LogP contribution in [0.1, 0.15) is 15.9 Å². The molecule has 0 radical (unpaired) electrons. The summed E-state index contributed by atoms with van der Waals surface area (Å²) in [4.78, 5) is 18.0. The third kappa shape index (κ3) is 4.82. The molecule has 144 valence electrons. The Hall–Kier alpha value is -2.49. The molecule has 2 aromatic rings. The molecule has 8 nitrogen and oxygen atoms in total. The molecule has 1 fully saturated rings. The topological polar surface area (TPSA) is 97.8 Å². The number of methoxy groups -OCH3 is 1. The van der Waals surface area contributed by atoms with Crippen LogP contribution in [0.5, 0.6) is 0 Å². The largest absolute Gasteiger partial charge is 0.465 e. The molecular formula is C18H21N3O5S. The van der Waals surface area contributed by atoms with Crippen LogP contribution in [0.25, 0.3) is 0 Å². The maximum atomic E-state index is 12.4. The molecule has 0 atom stereocenters. The highest BCUT2D eigenvalue weighted by Crippen LogP contribution is 2.15. The third-order valence-electron chi connectivity index (χ3n) is 4.20. The number of rotatable bonds is 6. The number of anilines is 1. The van der Waals surface area contributed by atoms with Crippen LogP contribution in [0.15, 0.2) is 47.5 Å². The van der Waals surface area contributed by atoms with Gasteiger partial charge in [0.15, 0.2) is 0 Å². The van der Waals surface area contributed by atoms with Crippen LogP contribution in [0.4, 0.5) is 5.82 Å². The second-order valence-corrected chi connectivity index (χ2v) is 7.73. The molecule has 27 heavy (non-hydrogen) atoms. The number of hydrogen-bond donors (Lipinski definition) is 1. The molecule has 1 aromatic heterocycles. The van der Waals surface area contributed by atoms with E-state index in [1.807, 2.05) is 12.1 Å². The molecule has 1 aliphatic heterocycles. The van der Waals surface area contributed by atoms with Crippen LogP contribution in [0.3, 0.4) is 0 Å². The molecular weight excluding hydrogens is 370 g/mol. The smallest absolute Gasteiger partial charge is 0.337 e. The Labute approximate surface area is 158 Å². The van der Waals surface area contributed by atoms with Gasteiger partial charge in [-0.15, -0.1) is 0 Å². The Morgan fingerprint density at radius 2 is 1.89 bits per heavy atom. The summed E-state index contributed by atoms with van der Waals surface area (Å²) in [5, 5.41) is 0. The van der Waals surface area contributed by atoms with Crippen molar-refractivity contribution in [2.75, 3.05) is 38.3 Å². The zero-order valence-electron chi connectivity index (χ0n) is 14.9. The van der Waals surface area contributed by atoms with Crippen LogP contribution in [-0.4, -0.2) is 52.8 Å². The number of hydrogen-bond acceptors (Lipinski definition) is 7. The van der Waals surface area contributed by atoms with Crippen LogP contribution in [0.2, 0.25) is 0 Å². The molecule has 0 amide bonds. The summed E-state index contributed by atoms with van der Waals surface area (Å²) in [6.07, 6.45) is 1.66. The average molecular weight is 391 g/mol. The van der Waals surface area contributed by atoms with E-state index >= 15 is 0 Å². The van der Waals surface area contributed by atoms with Crippen molar-refractivity contribution < 1.29 is 22.7 Å². The van der Waals surface area contributed by atoms with Gasteiger partial charge in [0.25, 0.3) is 0 Å². The summed E-state index contributed by atoms with van der Waals surface area (Å²) in [6, 6.07) is 9.29. The normalized spacial score (nSPS) is 14.8. The monoisotopic (exact) mass is 391 g/mol.